The van der Waals surface area contributed by atoms with E-state index >= 15 is 0 Å². The molecule has 0 saturated heterocycles. The second-order valence-corrected chi connectivity index (χ2v) is 6.92. The molecular formula is C20H19ClN4O5. The number of ether oxygens (including phenoxy) is 1. The number of nitrogens with one attached hydrogen (secondary N) is 1. The fourth-order valence-electron chi connectivity index (χ4n) is 3.22. The number of hydrogen-bond donors (Lipinski definition) is 1. The minimum Gasteiger partial charge on any atom is -0.463 e. The average Bonchev–Trinajstić information content (AvgIpc) is 2.71. The SMILES string of the molecule is CCOC(=O)C1=C(C)N(Cc2cccnc2)C(=O)NC1c1ccc(Cl)c([N+](=O)[O-])c1. The summed E-state index contributed by atoms with van der Waals surface area (Å²) in [5.74, 6) is -0.617. The van der Waals surface area contributed by atoms with Gasteiger partial charge in [0, 0.05) is 24.2 Å². The Labute approximate surface area is 177 Å². The minimum absolute atomic E-state index is 0.0394. The van der Waals surface area contributed by atoms with Crippen molar-refractivity contribution in [3.05, 3.63) is 80.3 Å². The lowest BCUT2D eigenvalue weighted by Crippen LogP contribution is -2.47. The third-order valence-corrected chi connectivity index (χ3v) is 4.97. The third-order valence-electron chi connectivity index (χ3n) is 4.66. The highest BCUT2D eigenvalue weighted by molar-refractivity contribution is 6.32. The van der Waals surface area contributed by atoms with Gasteiger partial charge >= 0.3 is 12.0 Å². The Morgan fingerprint density at radius 1 is 1.40 bits per heavy atom. The fraction of sp³-hybridized carbons (Fsp3) is 0.250. The van der Waals surface area contributed by atoms with Crippen molar-refractivity contribution in [1.29, 1.82) is 0 Å². The van der Waals surface area contributed by atoms with Gasteiger partial charge in [-0.25, -0.2) is 9.59 Å². The molecule has 1 unspecified atom stereocenters. The molecule has 0 fully saturated rings. The van der Waals surface area contributed by atoms with Gasteiger partial charge in [-0.05, 0) is 37.1 Å². The molecule has 0 saturated carbocycles. The number of amides is 2. The largest absolute Gasteiger partial charge is 0.463 e. The first-order valence-electron chi connectivity index (χ1n) is 9.12. The zero-order valence-electron chi connectivity index (χ0n) is 16.3. The molecule has 2 aromatic rings. The van der Waals surface area contributed by atoms with Gasteiger partial charge in [0.15, 0.2) is 0 Å². The van der Waals surface area contributed by atoms with Crippen molar-refractivity contribution in [2.24, 2.45) is 0 Å². The summed E-state index contributed by atoms with van der Waals surface area (Å²) in [7, 11) is 0. The second kappa shape index (κ2) is 8.91. The first-order valence-corrected chi connectivity index (χ1v) is 9.50. The van der Waals surface area contributed by atoms with Crippen molar-refractivity contribution in [1.82, 2.24) is 15.2 Å². The molecular weight excluding hydrogens is 412 g/mol. The van der Waals surface area contributed by atoms with Crippen LogP contribution in [0.25, 0.3) is 0 Å². The van der Waals surface area contributed by atoms with Gasteiger partial charge in [0.2, 0.25) is 0 Å². The number of esters is 1. The topological polar surface area (TPSA) is 115 Å². The number of nitro groups is 1. The molecule has 0 bridgehead atoms. The van der Waals surface area contributed by atoms with Crippen LogP contribution in [0.1, 0.15) is 31.0 Å². The standard InChI is InChI=1S/C20H19ClN4O5/c1-3-30-19(26)17-12(2)24(11-13-5-4-8-22-10-13)20(27)23-18(17)14-6-7-15(21)16(9-14)25(28)29/h4-10,18H,3,11H2,1-2H3,(H,23,27). The smallest absolute Gasteiger partial charge is 0.338 e. The highest BCUT2D eigenvalue weighted by Crippen LogP contribution is 2.35. The number of halogens is 1. The molecule has 1 atom stereocenters. The summed E-state index contributed by atoms with van der Waals surface area (Å²) in [6.07, 6.45) is 3.25. The van der Waals surface area contributed by atoms with E-state index in [0.29, 0.717) is 11.3 Å². The zero-order chi connectivity index (χ0) is 21.8. The summed E-state index contributed by atoms with van der Waals surface area (Å²) in [6, 6.07) is 6.33. The Morgan fingerprint density at radius 2 is 2.17 bits per heavy atom. The second-order valence-electron chi connectivity index (χ2n) is 6.52. The van der Waals surface area contributed by atoms with Gasteiger partial charge in [-0.15, -0.1) is 0 Å². The number of hydrogen-bond acceptors (Lipinski definition) is 6. The van der Waals surface area contributed by atoms with Crippen molar-refractivity contribution in [2.75, 3.05) is 6.61 Å². The van der Waals surface area contributed by atoms with Crippen LogP contribution >= 0.6 is 11.6 Å². The summed E-state index contributed by atoms with van der Waals surface area (Å²) in [5.41, 5.74) is 1.39. The van der Waals surface area contributed by atoms with Gasteiger partial charge in [0.05, 0.1) is 29.7 Å². The van der Waals surface area contributed by atoms with Crippen LogP contribution in [0.2, 0.25) is 5.02 Å². The lowest BCUT2D eigenvalue weighted by Gasteiger charge is -2.35. The number of allylic oxidation sites excluding steroid dienone is 1. The van der Waals surface area contributed by atoms with Crippen LogP contribution in [0.15, 0.2) is 54.0 Å². The first kappa shape index (κ1) is 21.3. The first-order chi connectivity index (χ1) is 14.3. The number of nitro benzene ring substituents is 1. The maximum atomic E-state index is 12.9. The summed E-state index contributed by atoms with van der Waals surface area (Å²) in [6.45, 7) is 3.64. The van der Waals surface area contributed by atoms with Crippen molar-refractivity contribution in [2.45, 2.75) is 26.4 Å². The molecule has 1 aliphatic heterocycles. The van der Waals surface area contributed by atoms with E-state index in [1.807, 2.05) is 6.07 Å². The van der Waals surface area contributed by atoms with Crippen LogP contribution in [-0.2, 0) is 16.1 Å². The van der Waals surface area contributed by atoms with E-state index in [2.05, 4.69) is 10.3 Å². The number of pyridine rings is 1. The lowest BCUT2D eigenvalue weighted by molar-refractivity contribution is -0.384. The van der Waals surface area contributed by atoms with Gasteiger partial charge < -0.3 is 10.1 Å². The molecule has 9 nitrogen and oxygen atoms in total. The number of aromatic nitrogens is 1. The number of urea groups is 1. The van der Waals surface area contributed by atoms with E-state index in [1.54, 1.807) is 32.3 Å². The Morgan fingerprint density at radius 3 is 2.80 bits per heavy atom. The van der Waals surface area contributed by atoms with E-state index < -0.39 is 23.0 Å². The molecule has 1 aromatic carbocycles. The highest BCUT2D eigenvalue weighted by atomic mass is 35.5. The Kier molecular flexibility index (Phi) is 6.31. The van der Waals surface area contributed by atoms with Crippen LogP contribution in [-0.4, -0.2) is 33.4 Å². The van der Waals surface area contributed by atoms with E-state index in [1.165, 1.54) is 23.1 Å². The summed E-state index contributed by atoms with van der Waals surface area (Å²) < 4.78 is 5.19. The number of nitrogens with zero attached hydrogens (tertiary/aromatic N) is 3. The van der Waals surface area contributed by atoms with Gasteiger partial charge in [-0.2, -0.15) is 0 Å². The summed E-state index contributed by atoms with van der Waals surface area (Å²) in [5, 5.41) is 14.0. The third kappa shape index (κ3) is 4.25. The average molecular weight is 431 g/mol. The van der Waals surface area contributed by atoms with Crippen LogP contribution in [0.3, 0.4) is 0 Å². The Balaban J connectivity index is 2.07. The fourth-order valence-corrected chi connectivity index (χ4v) is 3.40. The van der Waals surface area contributed by atoms with Crippen LogP contribution < -0.4 is 5.32 Å². The van der Waals surface area contributed by atoms with Crippen LogP contribution in [0, 0.1) is 10.1 Å². The molecule has 3 rings (SSSR count). The van der Waals surface area contributed by atoms with Crippen molar-refractivity contribution in [3.63, 3.8) is 0 Å². The molecule has 156 valence electrons. The maximum Gasteiger partial charge on any atom is 0.338 e. The van der Waals surface area contributed by atoms with E-state index in [9.17, 15) is 19.7 Å². The molecule has 1 aliphatic rings. The van der Waals surface area contributed by atoms with Gasteiger partial charge in [0.25, 0.3) is 5.69 Å². The molecule has 0 aliphatic carbocycles. The van der Waals surface area contributed by atoms with Gasteiger partial charge in [0.1, 0.15) is 5.02 Å². The van der Waals surface area contributed by atoms with E-state index in [4.69, 9.17) is 16.3 Å². The predicted octanol–water partition coefficient (Wildman–Crippen LogP) is 3.75. The Hall–Kier alpha value is -3.46. The number of rotatable bonds is 6. The van der Waals surface area contributed by atoms with Gasteiger partial charge in [-0.1, -0.05) is 23.7 Å². The van der Waals surface area contributed by atoms with Crippen LogP contribution in [0.4, 0.5) is 10.5 Å². The normalized spacial score (nSPS) is 16.3. The molecule has 2 amide bonds. The molecule has 10 heteroatoms. The molecule has 1 aromatic heterocycles. The number of benzene rings is 1. The lowest BCUT2D eigenvalue weighted by atomic mass is 9.94. The summed E-state index contributed by atoms with van der Waals surface area (Å²) in [4.78, 5) is 41.7. The molecule has 2 heterocycles. The predicted molar refractivity (Wildman–Crippen MR) is 108 cm³/mol. The molecule has 30 heavy (non-hydrogen) atoms. The Bertz CT molecular complexity index is 1030. The van der Waals surface area contributed by atoms with E-state index in [0.717, 1.165) is 5.56 Å². The van der Waals surface area contributed by atoms with Crippen molar-refractivity contribution in [3.8, 4) is 0 Å². The summed E-state index contributed by atoms with van der Waals surface area (Å²) >= 11 is 5.90. The number of carbonyl (C=O) groups excluding carboxylic acids is 2. The van der Waals surface area contributed by atoms with Crippen molar-refractivity contribution < 1.29 is 19.2 Å². The molecule has 1 N–H and O–H groups in total. The highest BCUT2D eigenvalue weighted by Gasteiger charge is 2.37. The van der Waals surface area contributed by atoms with Crippen molar-refractivity contribution >= 4 is 29.3 Å². The zero-order valence-corrected chi connectivity index (χ0v) is 17.0. The molecule has 0 radical (unpaired) electrons. The van der Waals surface area contributed by atoms with Crippen LogP contribution in [0.5, 0.6) is 0 Å². The van der Waals surface area contributed by atoms with E-state index in [-0.39, 0.29) is 29.4 Å². The minimum atomic E-state index is -0.919. The molecule has 0 spiro atoms. The quantitative estimate of drug-likeness (QED) is 0.424. The number of carbonyl (C=O) groups is 2. The monoisotopic (exact) mass is 430 g/mol. The maximum absolute atomic E-state index is 12.9. The van der Waals surface area contributed by atoms with Gasteiger partial charge in [-0.3, -0.25) is 20.0 Å².